The van der Waals surface area contributed by atoms with Crippen LogP contribution < -0.4 is 10.0 Å². The van der Waals surface area contributed by atoms with E-state index in [9.17, 15) is 26.4 Å². The van der Waals surface area contributed by atoms with E-state index >= 15 is 0 Å². The predicted molar refractivity (Wildman–Crippen MR) is 84.4 cm³/mol. The van der Waals surface area contributed by atoms with Crippen molar-refractivity contribution in [1.82, 2.24) is 4.98 Å². The smallest absolute Gasteiger partial charge is 0.323 e. The van der Waals surface area contributed by atoms with Crippen LogP contribution in [0.2, 0.25) is 0 Å². The fraction of sp³-hybridized carbons (Fsp3) is 0.231. The Balaban J connectivity index is 2.30. The first-order valence-corrected chi connectivity index (χ1v) is 9.19. The molecule has 0 aliphatic rings. The Bertz CT molecular complexity index is 834. The van der Waals surface area contributed by atoms with Crippen LogP contribution in [-0.4, -0.2) is 25.6 Å². The first-order valence-electron chi connectivity index (χ1n) is 6.42. The summed E-state index contributed by atoms with van der Waals surface area (Å²) in [6.07, 6.45) is -3.41. The Morgan fingerprint density at radius 1 is 1.38 bits per heavy atom. The van der Waals surface area contributed by atoms with E-state index in [1.165, 1.54) is 11.3 Å². The van der Waals surface area contributed by atoms with Crippen molar-refractivity contribution in [2.75, 3.05) is 16.3 Å². The number of halogens is 3. The second-order valence-corrected chi connectivity index (χ2v) is 7.58. The lowest BCUT2D eigenvalue weighted by Crippen LogP contribution is -2.19. The van der Waals surface area contributed by atoms with Gasteiger partial charge >= 0.3 is 6.18 Å². The number of anilines is 2. The Kier molecular flexibility index (Phi) is 5.13. The first kappa shape index (κ1) is 18.2. The lowest BCUT2D eigenvalue weighted by atomic mass is 10.2. The summed E-state index contributed by atoms with van der Waals surface area (Å²) in [5.74, 6) is -0.972. The average Bonchev–Trinajstić information content (AvgIpc) is 2.90. The number of nitrogens with one attached hydrogen (secondary N) is 2. The zero-order chi connectivity index (χ0) is 18.0. The number of sulfonamides is 1. The zero-order valence-corrected chi connectivity index (χ0v) is 13.8. The second-order valence-electron chi connectivity index (χ2n) is 4.80. The van der Waals surface area contributed by atoms with Gasteiger partial charge in [0.15, 0.2) is 5.82 Å². The molecular formula is C13H12F3N3O3S2. The van der Waals surface area contributed by atoms with Gasteiger partial charge in [0.05, 0.1) is 23.9 Å². The maximum Gasteiger partial charge on any atom is 0.417 e. The molecule has 2 aromatic heterocycles. The number of nitrogens with zero attached hydrogens (tertiary/aromatic N) is 1. The molecule has 0 fully saturated rings. The van der Waals surface area contributed by atoms with Gasteiger partial charge in [-0.05, 0) is 17.5 Å². The SMILES string of the molecule is CS(=O)(=O)Nc1ncc(C(F)(F)F)cc1NC(=O)Cc1cccs1. The third-order valence-electron chi connectivity index (χ3n) is 2.69. The number of rotatable bonds is 5. The van der Waals surface area contributed by atoms with E-state index in [4.69, 9.17) is 0 Å². The Morgan fingerprint density at radius 2 is 2.08 bits per heavy atom. The topological polar surface area (TPSA) is 88.2 Å². The summed E-state index contributed by atoms with van der Waals surface area (Å²) < 4.78 is 62.9. The number of carbonyl (C=O) groups is 1. The van der Waals surface area contributed by atoms with E-state index < -0.39 is 27.7 Å². The summed E-state index contributed by atoms with van der Waals surface area (Å²) in [6, 6.07) is 4.06. The Labute approximate surface area is 139 Å². The van der Waals surface area contributed by atoms with Crippen LogP contribution in [0.5, 0.6) is 0 Å². The molecule has 0 atom stereocenters. The molecule has 0 spiro atoms. The van der Waals surface area contributed by atoms with Crippen LogP contribution >= 0.6 is 11.3 Å². The van der Waals surface area contributed by atoms with Gasteiger partial charge < -0.3 is 5.32 Å². The molecule has 0 saturated carbocycles. The number of amides is 1. The molecule has 0 unspecified atom stereocenters. The number of hydrogen-bond donors (Lipinski definition) is 2. The number of aromatic nitrogens is 1. The quantitative estimate of drug-likeness (QED) is 0.836. The van der Waals surface area contributed by atoms with Crippen LogP contribution in [-0.2, 0) is 27.4 Å². The highest BCUT2D eigenvalue weighted by Gasteiger charge is 2.32. The summed E-state index contributed by atoms with van der Waals surface area (Å²) in [6.45, 7) is 0. The number of pyridine rings is 1. The van der Waals surface area contributed by atoms with E-state index in [-0.39, 0.29) is 17.9 Å². The van der Waals surface area contributed by atoms with Crippen LogP contribution in [0.4, 0.5) is 24.7 Å². The summed E-state index contributed by atoms with van der Waals surface area (Å²) in [5.41, 5.74) is -1.47. The zero-order valence-electron chi connectivity index (χ0n) is 12.2. The molecule has 130 valence electrons. The second kappa shape index (κ2) is 6.77. The lowest BCUT2D eigenvalue weighted by molar-refractivity contribution is -0.137. The number of thiophene rings is 1. The van der Waals surface area contributed by atoms with Crippen LogP contribution in [0, 0.1) is 0 Å². The molecule has 0 aliphatic heterocycles. The van der Waals surface area contributed by atoms with Gasteiger partial charge in [-0.3, -0.25) is 9.52 Å². The van der Waals surface area contributed by atoms with E-state index in [0.29, 0.717) is 17.1 Å². The Morgan fingerprint density at radius 3 is 2.62 bits per heavy atom. The molecule has 0 aromatic carbocycles. The van der Waals surface area contributed by atoms with Crippen molar-refractivity contribution in [2.45, 2.75) is 12.6 Å². The minimum absolute atomic E-state index is 0.0494. The van der Waals surface area contributed by atoms with Crippen LogP contribution in [0.15, 0.2) is 29.8 Å². The normalized spacial score (nSPS) is 12.0. The van der Waals surface area contributed by atoms with Crippen molar-refractivity contribution in [1.29, 1.82) is 0 Å². The summed E-state index contributed by atoms with van der Waals surface area (Å²) in [4.78, 5) is 16.1. The minimum Gasteiger partial charge on any atom is -0.323 e. The van der Waals surface area contributed by atoms with Gasteiger partial charge in [-0.25, -0.2) is 13.4 Å². The fourth-order valence-corrected chi connectivity index (χ4v) is 2.96. The summed E-state index contributed by atoms with van der Waals surface area (Å²) >= 11 is 1.32. The number of hydrogen-bond acceptors (Lipinski definition) is 5. The summed E-state index contributed by atoms with van der Waals surface area (Å²) in [7, 11) is -3.78. The van der Waals surface area contributed by atoms with Crippen molar-refractivity contribution in [3.05, 3.63) is 40.2 Å². The van der Waals surface area contributed by atoms with Gasteiger partial charge in [0.25, 0.3) is 0 Å². The maximum atomic E-state index is 12.8. The standard InChI is InChI=1S/C13H12F3N3O3S2/c1-24(21,22)19-12-10(5-8(7-17-12)13(14,15)16)18-11(20)6-9-3-2-4-23-9/h2-5,7H,6H2,1H3,(H,17,19)(H,18,20). The van der Waals surface area contributed by atoms with Gasteiger partial charge in [-0.1, -0.05) is 6.07 Å². The van der Waals surface area contributed by atoms with Crippen molar-refractivity contribution >= 4 is 38.8 Å². The highest BCUT2D eigenvalue weighted by Crippen LogP contribution is 2.33. The average molecular weight is 379 g/mol. The molecule has 2 aromatic rings. The van der Waals surface area contributed by atoms with Gasteiger partial charge in [0.1, 0.15) is 0 Å². The van der Waals surface area contributed by atoms with Gasteiger partial charge in [0, 0.05) is 11.1 Å². The molecule has 0 bridgehead atoms. The van der Waals surface area contributed by atoms with Crippen LogP contribution in [0.3, 0.4) is 0 Å². The Hall–Kier alpha value is -2.14. The third kappa shape index (κ3) is 5.20. The largest absolute Gasteiger partial charge is 0.417 e. The molecule has 11 heteroatoms. The molecule has 0 radical (unpaired) electrons. The molecule has 2 rings (SSSR count). The monoisotopic (exact) mass is 379 g/mol. The number of alkyl halides is 3. The van der Waals surface area contributed by atoms with E-state index in [1.807, 2.05) is 4.72 Å². The third-order valence-corrected chi connectivity index (χ3v) is 4.13. The van der Waals surface area contributed by atoms with Crippen molar-refractivity contribution in [2.24, 2.45) is 0 Å². The lowest BCUT2D eigenvalue weighted by Gasteiger charge is -2.14. The predicted octanol–water partition coefficient (Wildman–Crippen LogP) is 2.71. The molecule has 0 aliphatic carbocycles. The molecule has 2 heterocycles. The molecule has 1 amide bonds. The van der Waals surface area contributed by atoms with Gasteiger partial charge in [-0.15, -0.1) is 11.3 Å². The number of carbonyl (C=O) groups excluding carboxylic acids is 1. The van der Waals surface area contributed by atoms with Gasteiger partial charge in [0.2, 0.25) is 15.9 Å². The van der Waals surface area contributed by atoms with Crippen molar-refractivity contribution in [3.63, 3.8) is 0 Å². The van der Waals surface area contributed by atoms with Gasteiger partial charge in [-0.2, -0.15) is 13.2 Å². The highest BCUT2D eigenvalue weighted by atomic mass is 32.2. The van der Waals surface area contributed by atoms with Crippen molar-refractivity contribution < 1.29 is 26.4 Å². The van der Waals surface area contributed by atoms with E-state index in [2.05, 4.69) is 10.3 Å². The fourth-order valence-electron chi connectivity index (χ4n) is 1.74. The van der Waals surface area contributed by atoms with Crippen LogP contribution in [0.25, 0.3) is 0 Å². The van der Waals surface area contributed by atoms with E-state index in [1.54, 1.807) is 17.5 Å². The molecule has 24 heavy (non-hydrogen) atoms. The summed E-state index contributed by atoms with van der Waals surface area (Å²) in [5, 5.41) is 4.02. The van der Waals surface area contributed by atoms with E-state index in [0.717, 1.165) is 6.26 Å². The highest BCUT2D eigenvalue weighted by molar-refractivity contribution is 7.92. The molecule has 2 N–H and O–H groups in total. The maximum absolute atomic E-state index is 12.8. The minimum atomic E-state index is -4.68. The molecule has 0 saturated heterocycles. The first-order chi connectivity index (χ1) is 11.0. The molecule has 6 nitrogen and oxygen atoms in total. The van der Waals surface area contributed by atoms with Crippen LogP contribution in [0.1, 0.15) is 10.4 Å². The molecular weight excluding hydrogens is 367 g/mol. The van der Waals surface area contributed by atoms with Crippen molar-refractivity contribution in [3.8, 4) is 0 Å².